The van der Waals surface area contributed by atoms with Crippen molar-refractivity contribution in [2.24, 2.45) is 5.92 Å². The number of esters is 1. The van der Waals surface area contributed by atoms with Gasteiger partial charge in [0, 0.05) is 30.7 Å². The number of ether oxygens (including phenoxy) is 1. The van der Waals surface area contributed by atoms with Gasteiger partial charge >= 0.3 is 5.97 Å². The van der Waals surface area contributed by atoms with E-state index in [1.165, 1.54) is 11.0 Å². The highest BCUT2D eigenvalue weighted by atomic mass is 16.5. The van der Waals surface area contributed by atoms with Gasteiger partial charge < -0.3 is 14.2 Å². The summed E-state index contributed by atoms with van der Waals surface area (Å²) in [4.78, 5) is 26.0. The summed E-state index contributed by atoms with van der Waals surface area (Å²) in [5.41, 5.74) is 3.40. The Morgan fingerprint density at radius 2 is 1.90 bits per heavy atom. The van der Waals surface area contributed by atoms with Gasteiger partial charge in [-0.15, -0.1) is 0 Å². The average molecular weight is 393 g/mol. The van der Waals surface area contributed by atoms with E-state index in [4.69, 9.17) is 4.74 Å². The minimum absolute atomic E-state index is 0.134. The zero-order valence-corrected chi connectivity index (χ0v) is 17.6. The normalized spacial score (nSPS) is 11.3. The Hall–Kier alpha value is -3.33. The first-order valence-electron chi connectivity index (χ1n) is 9.51. The minimum Gasteiger partial charge on any atom is -0.451 e. The van der Waals surface area contributed by atoms with Gasteiger partial charge in [0.2, 0.25) is 0 Å². The van der Waals surface area contributed by atoms with Gasteiger partial charge in [-0.2, -0.15) is 5.26 Å². The molecule has 1 aromatic carbocycles. The van der Waals surface area contributed by atoms with Gasteiger partial charge in [0.15, 0.2) is 6.61 Å². The monoisotopic (exact) mass is 393 g/mol. The third-order valence-electron chi connectivity index (χ3n) is 4.65. The van der Waals surface area contributed by atoms with Crippen molar-refractivity contribution in [3.63, 3.8) is 0 Å². The second-order valence-corrected chi connectivity index (χ2v) is 7.37. The summed E-state index contributed by atoms with van der Waals surface area (Å²) in [6.07, 6.45) is 1.52. The van der Waals surface area contributed by atoms with Gasteiger partial charge in [-0.25, -0.2) is 4.79 Å². The maximum absolute atomic E-state index is 12.3. The van der Waals surface area contributed by atoms with Crippen LogP contribution in [0, 0.1) is 31.1 Å². The summed E-state index contributed by atoms with van der Waals surface area (Å²) in [5, 5.41) is 9.40. The highest BCUT2D eigenvalue weighted by molar-refractivity contribution is 6.00. The predicted octanol–water partition coefficient (Wildman–Crippen LogP) is 3.87. The van der Waals surface area contributed by atoms with Crippen molar-refractivity contribution in [1.82, 2.24) is 4.57 Å². The van der Waals surface area contributed by atoms with E-state index in [-0.39, 0.29) is 11.5 Å². The van der Waals surface area contributed by atoms with E-state index in [1.807, 2.05) is 44.2 Å². The summed E-state index contributed by atoms with van der Waals surface area (Å²) in [7, 11) is 1.61. The standard InChI is InChI=1S/C23H27N3O3/c1-16(2)14-26-17(3)11-19(18(26)4)12-20(13-24)23(28)29-15-22(27)25(5)21-9-7-6-8-10-21/h6-12,16H,14-15H2,1-5H3/b20-12+. The Morgan fingerprint density at radius 3 is 2.48 bits per heavy atom. The number of anilines is 1. The van der Waals surface area contributed by atoms with Crippen LogP contribution in [0.4, 0.5) is 5.69 Å². The number of aromatic nitrogens is 1. The fourth-order valence-corrected chi connectivity index (χ4v) is 3.01. The molecule has 0 aliphatic carbocycles. The average Bonchev–Trinajstić information content (AvgIpc) is 2.96. The number of rotatable bonds is 7. The third-order valence-corrected chi connectivity index (χ3v) is 4.65. The number of benzene rings is 1. The lowest BCUT2D eigenvalue weighted by Crippen LogP contribution is -2.31. The van der Waals surface area contributed by atoms with Crippen LogP contribution in [0.3, 0.4) is 0 Å². The van der Waals surface area contributed by atoms with Crippen LogP contribution >= 0.6 is 0 Å². The van der Waals surface area contributed by atoms with Gasteiger partial charge in [0.25, 0.3) is 5.91 Å². The number of nitrogens with zero attached hydrogens (tertiary/aromatic N) is 3. The van der Waals surface area contributed by atoms with E-state index >= 15 is 0 Å². The fourth-order valence-electron chi connectivity index (χ4n) is 3.01. The lowest BCUT2D eigenvalue weighted by Gasteiger charge is -2.16. The number of hydrogen-bond donors (Lipinski definition) is 0. The highest BCUT2D eigenvalue weighted by Crippen LogP contribution is 2.20. The minimum atomic E-state index is -0.809. The zero-order chi connectivity index (χ0) is 21.6. The Bertz CT molecular complexity index is 950. The van der Waals surface area contributed by atoms with Crippen molar-refractivity contribution >= 4 is 23.6 Å². The number of likely N-dealkylation sites (N-methyl/N-ethyl adjacent to an activating group) is 1. The van der Waals surface area contributed by atoms with E-state index in [9.17, 15) is 14.9 Å². The molecular weight excluding hydrogens is 366 g/mol. The number of carbonyl (C=O) groups is 2. The van der Waals surface area contributed by atoms with Crippen LogP contribution in [0.5, 0.6) is 0 Å². The Balaban J connectivity index is 2.09. The number of para-hydroxylation sites is 1. The summed E-state index contributed by atoms with van der Waals surface area (Å²) < 4.78 is 7.25. The Kier molecular flexibility index (Phi) is 7.38. The Morgan fingerprint density at radius 1 is 1.24 bits per heavy atom. The molecule has 2 aromatic rings. The molecule has 0 atom stereocenters. The molecule has 0 spiro atoms. The number of nitriles is 1. The van der Waals surface area contributed by atoms with E-state index in [0.717, 1.165) is 23.5 Å². The van der Waals surface area contributed by atoms with Crippen LogP contribution in [-0.2, 0) is 20.9 Å². The molecule has 6 nitrogen and oxygen atoms in total. The smallest absolute Gasteiger partial charge is 0.349 e. The number of carbonyl (C=O) groups excluding carboxylic acids is 2. The SMILES string of the molecule is Cc1cc(/C=C(\C#N)C(=O)OCC(=O)N(C)c2ccccc2)c(C)n1CC(C)C. The molecule has 0 unspecified atom stereocenters. The molecule has 0 aliphatic rings. The van der Waals surface area contributed by atoms with E-state index in [0.29, 0.717) is 11.6 Å². The molecule has 1 amide bonds. The van der Waals surface area contributed by atoms with Gasteiger partial charge in [0.05, 0.1) is 0 Å². The van der Waals surface area contributed by atoms with Gasteiger partial charge in [0.1, 0.15) is 11.6 Å². The van der Waals surface area contributed by atoms with Crippen molar-refractivity contribution in [2.75, 3.05) is 18.6 Å². The topological polar surface area (TPSA) is 75.3 Å². The zero-order valence-electron chi connectivity index (χ0n) is 17.6. The van der Waals surface area contributed by atoms with Crippen LogP contribution in [0.25, 0.3) is 6.08 Å². The van der Waals surface area contributed by atoms with Crippen LogP contribution in [0.2, 0.25) is 0 Å². The second kappa shape index (κ2) is 9.74. The molecule has 0 bridgehead atoms. The molecule has 1 aromatic heterocycles. The lowest BCUT2D eigenvalue weighted by atomic mass is 10.1. The van der Waals surface area contributed by atoms with Gasteiger partial charge in [-0.05, 0) is 49.6 Å². The summed E-state index contributed by atoms with van der Waals surface area (Å²) in [6.45, 7) is 8.65. The lowest BCUT2D eigenvalue weighted by molar-refractivity contribution is -0.143. The maximum Gasteiger partial charge on any atom is 0.349 e. The number of amides is 1. The molecule has 0 fully saturated rings. The molecule has 0 saturated carbocycles. The molecular formula is C23H27N3O3. The van der Waals surface area contributed by atoms with Crippen LogP contribution in [0.15, 0.2) is 42.0 Å². The fraction of sp³-hybridized carbons (Fsp3) is 0.348. The summed E-state index contributed by atoms with van der Waals surface area (Å²) in [5.74, 6) is -0.711. The third kappa shape index (κ3) is 5.58. The van der Waals surface area contributed by atoms with Gasteiger partial charge in [-0.1, -0.05) is 32.0 Å². The molecule has 6 heteroatoms. The molecule has 2 rings (SSSR count). The number of hydrogen-bond acceptors (Lipinski definition) is 4. The second-order valence-electron chi connectivity index (χ2n) is 7.37. The molecule has 1 heterocycles. The van der Waals surface area contributed by atoms with E-state index in [2.05, 4.69) is 18.4 Å². The predicted molar refractivity (Wildman–Crippen MR) is 113 cm³/mol. The van der Waals surface area contributed by atoms with E-state index in [1.54, 1.807) is 19.2 Å². The van der Waals surface area contributed by atoms with Crippen molar-refractivity contribution in [3.05, 3.63) is 58.9 Å². The van der Waals surface area contributed by atoms with Crippen LogP contribution in [-0.4, -0.2) is 30.1 Å². The molecule has 0 aliphatic heterocycles. The van der Waals surface area contributed by atoms with E-state index < -0.39 is 12.6 Å². The summed E-state index contributed by atoms with van der Waals surface area (Å²) in [6, 6.07) is 12.9. The Labute approximate surface area is 172 Å². The first kappa shape index (κ1) is 22.0. The van der Waals surface area contributed by atoms with Gasteiger partial charge in [-0.3, -0.25) is 4.79 Å². The van der Waals surface area contributed by atoms with Crippen LogP contribution in [0.1, 0.15) is 30.8 Å². The largest absolute Gasteiger partial charge is 0.451 e. The molecule has 152 valence electrons. The highest BCUT2D eigenvalue weighted by Gasteiger charge is 2.18. The van der Waals surface area contributed by atoms with Crippen molar-refractivity contribution in [3.8, 4) is 6.07 Å². The van der Waals surface area contributed by atoms with Crippen molar-refractivity contribution in [1.29, 1.82) is 5.26 Å². The molecule has 0 radical (unpaired) electrons. The van der Waals surface area contributed by atoms with Crippen LogP contribution < -0.4 is 4.90 Å². The summed E-state index contributed by atoms with van der Waals surface area (Å²) >= 11 is 0. The quantitative estimate of drug-likeness (QED) is 0.406. The molecule has 29 heavy (non-hydrogen) atoms. The maximum atomic E-state index is 12.3. The first-order chi connectivity index (χ1) is 13.7. The number of aryl methyl sites for hydroxylation is 1. The first-order valence-corrected chi connectivity index (χ1v) is 9.51. The van der Waals surface area contributed by atoms with Crippen molar-refractivity contribution in [2.45, 2.75) is 34.2 Å². The van der Waals surface area contributed by atoms with Crippen molar-refractivity contribution < 1.29 is 14.3 Å². The molecule has 0 saturated heterocycles. The molecule has 0 N–H and O–H groups in total.